The molecule has 0 spiro atoms. The minimum atomic E-state index is -0.522. The number of carbonyl (C=O) groups excluding carboxylic acids is 1. The predicted molar refractivity (Wildman–Crippen MR) is 55.7 cm³/mol. The molecule has 0 bridgehead atoms. The maximum Gasteiger partial charge on any atom is 0.140 e. The van der Waals surface area contributed by atoms with E-state index < -0.39 is 17.6 Å². The summed E-state index contributed by atoms with van der Waals surface area (Å²) in [5, 5.41) is 0. The predicted octanol–water partition coefficient (Wildman–Crippen LogP) is 3.56. The molecular weight excluding hydrogens is 266 g/mol. The highest BCUT2D eigenvalue weighted by Crippen LogP contribution is 2.34. The van der Waals surface area contributed by atoms with Crippen LogP contribution in [-0.4, -0.2) is 5.78 Å². The number of ketones is 1. The Labute approximate surface area is 94.6 Å². The zero-order valence-corrected chi connectivity index (χ0v) is 9.48. The van der Waals surface area contributed by atoms with Gasteiger partial charge in [0.25, 0.3) is 0 Å². The molecule has 1 aliphatic carbocycles. The molecule has 0 heterocycles. The van der Waals surface area contributed by atoms with Gasteiger partial charge in [0.1, 0.15) is 17.4 Å². The number of carbonyl (C=O) groups is 1. The van der Waals surface area contributed by atoms with Gasteiger partial charge in [-0.1, -0.05) is 0 Å². The molecule has 1 nitrogen and oxygen atoms in total. The van der Waals surface area contributed by atoms with E-state index in [0.29, 0.717) is 12.8 Å². The highest BCUT2D eigenvalue weighted by atomic mass is 79.9. The Hall–Kier alpha value is -0.770. The van der Waals surface area contributed by atoms with Gasteiger partial charge in [-0.05, 0) is 40.9 Å². The molecule has 1 saturated carbocycles. The molecule has 4 heteroatoms. The average Bonchev–Trinajstić information content (AvgIpc) is 2.58. The van der Waals surface area contributed by atoms with Crippen LogP contribution < -0.4 is 0 Å². The van der Waals surface area contributed by atoms with Crippen LogP contribution >= 0.6 is 15.9 Å². The van der Waals surface area contributed by atoms with Crippen molar-refractivity contribution in [2.45, 2.75) is 25.2 Å². The monoisotopic (exact) mass is 274 g/mol. The van der Waals surface area contributed by atoms with Crippen molar-refractivity contribution in [1.29, 1.82) is 0 Å². The van der Waals surface area contributed by atoms with E-state index in [4.69, 9.17) is 0 Å². The molecule has 1 unspecified atom stereocenters. The third-order valence-electron chi connectivity index (χ3n) is 2.72. The summed E-state index contributed by atoms with van der Waals surface area (Å²) in [4.78, 5) is 11.4. The number of rotatable bonds is 1. The first-order valence-corrected chi connectivity index (χ1v) is 5.56. The molecule has 1 aromatic carbocycles. The number of hydrogen-bond acceptors (Lipinski definition) is 1. The van der Waals surface area contributed by atoms with E-state index in [1.807, 2.05) is 0 Å². The summed E-state index contributed by atoms with van der Waals surface area (Å²) in [5.74, 6) is -1.47. The third-order valence-corrected chi connectivity index (χ3v) is 3.33. The van der Waals surface area contributed by atoms with Crippen molar-refractivity contribution in [3.05, 3.63) is 33.8 Å². The maximum atomic E-state index is 13.5. The van der Waals surface area contributed by atoms with Crippen LogP contribution in [0.5, 0.6) is 0 Å². The second-order valence-corrected chi connectivity index (χ2v) is 4.55. The van der Waals surface area contributed by atoms with Crippen molar-refractivity contribution >= 4 is 21.7 Å². The van der Waals surface area contributed by atoms with Gasteiger partial charge in [0, 0.05) is 17.9 Å². The summed E-state index contributed by atoms with van der Waals surface area (Å²) in [7, 11) is 0. The number of Topliss-reactive ketones (excluding diaryl/α,β-unsaturated/α-hetero) is 1. The van der Waals surface area contributed by atoms with Gasteiger partial charge in [0.2, 0.25) is 0 Å². The SMILES string of the molecule is O=C1CCCC1c1cc(F)c(Br)cc1F. The lowest BCUT2D eigenvalue weighted by atomic mass is 9.96. The Bertz CT molecular complexity index is 417. The standard InChI is InChI=1S/C11H9BrF2O/c12-8-5-9(13)7(4-10(8)14)6-2-1-3-11(6)15/h4-6H,1-3H2. The largest absolute Gasteiger partial charge is 0.299 e. The number of halogens is 3. The molecular formula is C11H9BrF2O. The molecule has 80 valence electrons. The zero-order valence-electron chi connectivity index (χ0n) is 7.90. The molecule has 2 rings (SSSR count). The second-order valence-electron chi connectivity index (χ2n) is 3.70. The lowest BCUT2D eigenvalue weighted by Crippen LogP contribution is -2.07. The molecule has 1 aromatic rings. The molecule has 0 aliphatic heterocycles. The van der Waals surface area contributed by atoms with Gasteiger partial charge in [-0.3, -0.25) is 4.79 Å². The summed E-state index contributed by atoms with van der Waals surface area (Å²) in [6.45, 7) is 0. The Morgan fingerprint density at radius 3 is 2.60 bits per heavy atom. The smallest absolute Gasteiger partial charge is 0.140 e. The van der Waals surface area contributed by atoms with Crippen LogP contribution in [0.3, 0.4) is 0 Å². The normalized spacial score (nSPS) is 21.0. The third kappa shape index (κ3) is 1.95. The molecule has 1 fully saturated rings. The van der Waals surface area contributed by atoms with Crippen LogP contribution in [0.4, 0.5) is 8.78 Å². The van der Waals surface area contributed by atoms with Crippen molar-refractivity contribution < 1.29 is 13.6 Å². The summed E-state index contributed by atoms with van der Waals surface area (Å²) >= 11 is 2.90. The molecule has 0 radical (unpaired) electrons. The fourth-order valence-corrected chi connectivity index (χ4v) is 2.27. The van der Waals surface area contributed by atoms with E-state index >= 15 is 0 Å². The fraction of sp³-hybridized carbons (Fsp3) is 0.364. The first kappa shape index (κ1) is 10.7. The molecule has 1 atom stereocenters. The Morgan fingerprint density at radius 2 is 2.00 bits per heavy atom. The van der Waals surface area contributed by atoms with E-state index in [-0.39, 0.29) is 15.8 Å². The molecule has 0 aromatic heterocycles. The van der Waals surface area contributed by atoms with Gasteiger partial charge in [-0.2, -0.15) is 0 Å². The van der Waals surface area contributed by atoms with E-state index in [2.05, 4.69) is 15.9 Å². The van der Waals surface area contributed by atoms with Crippen LogP contribution in [0.25, 0.3) is 0 Å². The number of benzene rings is 1. The van der Waals surface area contributed by atoms with Gasteiger partial charge in [-0.15, -0.1) is 0 Å². The minimum absolute atomic E-state index is 0.00984. The van der Waals surface area contributed by atoms with E-state index in [0.717, 1.165) is 18.6 Å². The van der Waals surface area contributed by atoms with Gasteiger partial charge in [0.15, 0.2) is 0 Å². The summed E-state index contributed by atoms with van der Waals surface area (Å²) in [6, 6.07) is 2.20. The van der Waals surface area contributed by atoms with Crippen molar-refractivity contribution in [2.24, 2.45) is 0 Å². The molecule has 0 amide bonds. The van der Waals surface area contributed by atoms with Crippen molar-refractivity contribution in [3.63, 3.8) is 0 Å². The van der Waals surface area contributed by atoms with Crippen LogP contribution in [0.15, 0.2) is 16.6 Å². The first-order valence-electron chi connectivity index (χ1n) is 4.76. The van der Waals surface area contributed by atoms with Crippen molar-refractivity contribution in [1.82, 2.24) is 0 Å². The Kier molecular flexibility index (Phi) is 2.87. The number of hydrogen-bond donors (Lipinski definition) is 0. The summed E-state index contributed by atoms with van der Waals surface area (Å²) < 4.78 is 26.8. The highest BCUT2D eigenvalue weighted by Gasteiger charge is 2.28. The maximum absolute atomic E-state index is 13.5. The fourth-order valence-electron chi connectivity index (χ4n) is 1.95. The van der Waals surface area contributed by atoms with Crippen molar-refractivity contribution in [3.8, 4) is 0 Å². The minimum Gasteiger partial charge on any atom is -0.299 e. The van der Waals surface area contributed by atoms with Crippen molar-refractivity contribution in [2.75, 3.05) is 0 Å². The van der Waals surface area contributed by atoms with Crippen LogP contribution in [-0.2, 0) is 4.79 Å². The van der Waals surface area contributed by atoms with Gasteiger partial charge in [0.05, 0.1) is 4.47 Å². The van der Waals surface area contributed by atoms with Gasteiger partial charge in [-0.25, -0.2) is 8.78 Å². The van der Waals surface area contributed by atoms with Crippen LogP contribution in [0.1, 0.15) is 30.7 Å². The van der Waals surface area contributed by atoms with E-state index in [1.54, 1.807) is 0 Å². The van der Waals surface area contributed by atoms with Crippen LogP contribution in [0.2, 0.25) is 0 Å². The van der Waals surface area contributed by atoms with E-state index in [9.17, 15) is 13.6 Å². The lowest BCUT2D eigenvalue weighted by Gasteiger charge is -2.10. The quantitative estimate of drug-likeness (QED) is 0.716. The summed E-state index contributed by atoms with van der Waals surface area (Å²) in [5.41, 5.74) is 0.193. The molecule has 0 N–H and O–H groups in total. The second kappa shape index (κ2) is 4.00. The van der Waals surface area contributed by atoms with Gasteiger partial charge < -0.3 is 0 Å². The van der Waals surface area contributed by atoms with Crippen LogP contribution in [0, 0.1) is 11.6 Å². The average molecular weight is 275 g/mol. The summed E-state index contributed by atoms with van der Waals surface area (Å²) in [6.07, 6.45) is 1.86. The lowest BCUT2D eigenvalue weighted by molar-refractivity contribution is -0.118. The van der Waals surface area contributed by atoms with Gasteiger partial charge >= 0.3 is 0 Å². The molecule has 1 aliphatic rings. The zero-order chi connectivity index (χ0) is 11.0. The Balaban J connectivity index is 2.43. The topological polar surface area (TPSA) is 17.1 Å². The van der Waals surface area contributed by atoms with E-state index in [1.165, 1.54) is 0 Å². The highest BCUT2D eigenvalue weighted by molar-refractivity contribution is 9.10. The molecule has 15 heavy (non-hydrogen) atoms. The Morgan fingerprint density at radius 1 is 1.27 bits per heavy atom. The first-order chi connectivity index (χ1) is 7.09. The molecule has 0 saturated heterocycles.